The van der Waals surface area contributed by atoms with Crippen molar-refractivity contribution in [3.63, 3.8) is 0 Å². The van der Waals surface area contributed by atoms with Crippen molar-refractivity contribution in [2.75, 3.05) is 22.0 Å². The molecule has 128 valence electrons. The smallest absolute Gasteiger partial charge is 0.255 e. The van der Waals surface area contributed by atoms with E-state index in [-0.39, 0.29) is 5.91 Å². The van der Waals surface area contributed by atoms with Gasteiger partial charge in [0.05, 0.1) is 17.6 Å². The van der Waals surface area contributed by atoms with Gasteiger partial charge in [-0.25, -0.2) is 8.42 Å². The number of hydrogen-bond acceptors (Lipinski definition) is 4. The number of carbonyl (C=O) groups excluding carboxylic acids is 1. The highest BCUT2D eigenvalue weighted by Gasteiger charge is 2.11. The number of benzene rings is 2. The number of thioether (sulfide) groups is 1. The molecule has 2 N–H and O–H groups in total. The van der Waals surface area contributed by atoms with Crippen LogP contribution in [-0.4, -0.2) is 26.3 Å². The minimum Gasteiger partial charge on any atom is -0.320 e. The molecule has 2 aromatic rings. The summed E-state index contributed by atoms with van der Waals surface area (Å²) in [6.45, 7) is 2.11. The van der Waals surface area contributed by atoms with E-state index < -0.39 is 10.0 Å². The maximum absolute atomic E-state index is 12.4. The second kappa shape index (κ2) is 8.21. The maximum atomic E-state index is 12.4. The Hall–Kier alpha value is -1.99. The quantitative estimate of drug-likeness (QED) is 0.788. The van der Waals surface area contributed by atoms with E-state index >= 15 is 0 Å². The van der Waals surface area contributed by atoms with Crippen molar-refractivity contribution in [3.8, 4) is 0 Å². The topological polar surface area (TPSA) is 75.3 Å². The molecule has 0 fully saturated rings. The molecular weight excluding hydrogens is 344 g/mol. The van der Waals surface area contributed by atoms with Gasteiger partial charge in [0.2, 0.25) is 10.0 Å². The molecule has 0 spiro atoms. The molecule has 24 heavy (non-hydrogen) atoms. The first-order chi connectivity index (χ1) is 11.4. The average molecular weight is 364 g/mol. The van der Waals surface area contributed by atoms with Crippen LogP contribution in [-0.2, 0) is 15.8 Å². The molecule has 0 heterocycles. The van der Waals surface area contributed by atoms with Gasteiger partial charge in [0.1, 0.15) is 0 Å². The van der Waals surface area contributed by atoms with Crippen LogP contribution in [0.5, 0.6) is 0 Å². The third kappa shape index (κ3) is 5.58. The zero-order chi connectivity index (χ0) is 17.6. The molecule has 0 aromatic heterocycles. The number of sulfonamides is 1. The zero-order valence-corrected chi connectivity index (χ0v) is 15.2. The number of anilines is 2. The Balaban J connectivity index is 2.12. The van der Waals surface area contributed by atoms with Crippen molar-refractivity contribution in [1.82, 2.24) is 0 Å². The summed E-state index contributed by atoms with van der Waals surface area (Å²) in [4.78, 5) is 12.4. The molecule has 0 bridgehead atoms. The van der Waals surface area contributed by atoms with E-state index in [9.17, 15) is 13.2 Å². The Morgan fingerprint density at radius 2 is 1.67 bits per heavy atom. The first-order valence-electron chi connectivity index (χ1n) is 7.44. The van der Waals surface area contributed by atoms with Gasteiger partial charge < -0.3 is 5.32 Å². The monoisotopic (exact) mass is 364 g/mol. The molecule has 0 atom stereocenters. The van der Waals surface area contributed by atoms with Crippen LogP contribution >= 0.6 is 11.8 Å². The molecule has 7 heteroatoms. The van der Waals surface area contributed by atoms with Gasteiger partial charge in [0, 0.05) is 11.3 Å². The van der Waals surface area contributed by atoms with Crippen LogP contribution < -0.4 is 10.0 Å². The predicted octanol–water partition coefficient (Wildman–Crippen LogP) is 3.56. The summed E-state index contributed by atoms with van der Waals surface area (Å²) >= 11 is 1.82. The molecule has 0 saturated carbocycles. The SMILES string of the molecule is CCSCc1ccc(C(=O)Nc2ccccc2NS(C)(=O)=O)cc1. The van der Waals surface area contributed by atoms with Crippen LogP contribution in [0.2, 0.25) is 0 Å². The highest BCUT2D eigenvalue weighted by Crippen LogP contribution is 2.23. The fourth-order valence-electron chi connectivity index (χ4n) is 2.05. The van der Waals surface area contributed by atoms with E-state index in [0.717, 1.165) is 23.3 Å². The summed E-state index contributed by atoms with van der Waals surface area (Å²) in [5.41, 5.74) is 2.44. The lowest BCUT2D eigenvalue weighted by atomic mass is 10.1. The van der Waals surface area contributed by atoms with E-state index in [1.165, 1.54) is 0 Å². The highest BCUT2D eigenvalue weighted by molar-refractivity contribution is 7.98. The van der Waals surface area contributed by atoms with E-state index in [0.29, 0.717) is 16.9 Å². The number of hydrogen-bond donors (Lipinski definition) is 2. The van der Waals surface area contributed by atoms with Crippen LogP contribution in [0, 0.1) is 0 Å². The number of carbonyl (C=O) groups is 1. The van der Waals surface area contributed by atoms with Crippen molar-refractivity contribution in [2.24, 2.45) is 0 Å². The lowest BCUT2D eigenvalue weighted by Crippen LogP contribution is -2.16. The van der Waals surface area contributed by atoms with E-state index in [4.69, 9.17) is 0 Å². The Kier molecular flexibility index (Phi) is 6.28. The zero-order valence-electron chi connectivity index (χ0n) is 13.6. The van der Waals surface area contributed by atoms with Crippen molar-refractivity contribution >= 4 is 39.1 Å². The predicted molar refractivity (Wildman–Crippen MR) is 101 cm³/mol. The molecule has 0 radical (unpaired) electrons. The van der Waals surface area contributed by atoms with Crippen molar-refractivity contribution < 1.29 is 13.2 Å². The van der Waals surface area contributed by atoms with Gasteiger partial charge in [-0.1, -0.05) is 31.2 Å². The molecule has 2 aromatic carbocycles. The molecule has 1 amide bonds. The van der Waals surface area contributed by atoms with Gasteiger partial charge in [-0.3, -0.25) is 9.52 Å². The summed E-state index contributed by atoms with van der Waals surface area (Å²) in [6.07, 6.45) is 1.07. The van der Waals surface area contributed by atoms with Crippen LogP contribution in [0.15, 0.2) is 48.5 Å². The molecule has 0 aliphatic heterocycles. The maximum Gasteiger partial charge on any atom is 0.255 e. The lowest BCUT2D eigenvalue weighted by molar-refractivity contribution is 0.102. The van der Waals surface area contributed by atoms with E-state index in [1.54, 1.807) is 36.4 Å². The molecular formula is C17H20N2O3S2. The average Bonchev–Trinajstić information content (AvgIpc) is 2.54. The van der Waals surface area contributed by atoms with E-state index in [1.807, 2.05) is 23.9 Å². The highest BCUT2D eigenvalue weighted by atomic mass is 32.2. The number of para-hydroxylation sites is 2. The molecule has 5 nitrogen and oxygen atoms in total. The van der Waals surface area contributed by atoms with Crippen LogP contribution in [0.1, 0.15) is 22.8 Å². The summed E-state index contributed by atoms with van der Waals surface area (Å²) in [5, 5.41) is 2.74. The summed E-state index contributed by atoms with van der Waals surface area (Å²) < 4.78 is 25.2. The van der Waals surface area contributed by atoms with Gasteiger partial charge in [-0.2, -0.15) is 11.8 Å². The Morgan fingerprint density at radius 3 is 2.25 bits per heavy atom. The van der Waals surface area contributed by atoms with E-state index in [2.05, 4.69) is 17.0 Å². The molecule has 0 saturated heterocycles. The van der Waals surface area contributed by atoms with Crippen molar-refractivity contribution in [3.05, 3.63) is 59.7 Å². The first-order valence-corrected chi connectivity index (χ1v) is 10.5. The number of amides is 1. The van der Waals surface area contributed by atoms with Gasteiger partial charge in [-0.15, -0.1) is 0 Å². The Bertz CT molecular complexity index is 803. The second-order valence-corrected chi connectivity index (χ2v) is 8.23. The molecule has 0 aliphatic carbocycles. The van der Waals surface area contributed by atoms with Gasteiger partial charge in [-0.05, 0) is 35.6 Å². The molecule has 0 aliphatic rings. The minimum atomic E-state index is -3.42. The number of nitrogens with one attached hydrogen (secondary N) is 2. The molecule has 2 rings (SSSR count). The summed E-state index contributed by atoms with van der Waals surface area (Å²) in [5.74, 6) is 1.68. The van der Waals surface area contributed by atoms with Crippen molar-refractivity contribution in [1.29, 1.82) is 0 Å². The summed E-state index contributed by atoms with van der Waals surface area (Å²) in [6, 6.07) is 14.1. The minimum absolute atomic E-state index is 0.285. The summed E-state index contributed by atoms with van der Waals surface area (Å²) in [7, 11) is -3.42. The van der Waals surface area contributed by atoms with Crippen LogP contribution in [0.4, 0.5) is 11.4 Å². The fourth-order valence-corrected chi connectivity index (χ4v) is 3.26. The normalized spacial score (nSPS) is 11.1. The van der Waals surface area contributed by atoms with Crippen molar-refractivity contribution in [2.45, 2.75) is 12.7 Å². The standard InChI is InChI=1S/C17H20N2O3S2/c1-3-23-12-13-8-10-14(11-9-13)17(20)18-15-6-4-5-7-16(15)19-24(2,21)22/h4-11,19H,3,12H2,1-2H3,(H,18,20). The Morgan fingerprint density at radius 1 is 1.04 bits per heavy atom. The van der Waals surface area contributed by atoms with Gasteiger partial charge in [0.15, 0.2) is 0 Å². The molecule has 0 unspecified atom stereocenters. The second-order valence-electron chi connectivity index (χ2n) is 5.21. The van der Waals surface area contributed by atoms with Gasteiger partial charge in [0.25, 0.3) is 5.91 Å². The first kappa shape index (κ1) is 18.4. The van der Waals surface area contributed by atoms with Crippen LogP contribution in [0.3, 0.4) is 0 Å². The lowest BCUT2D eigenvalue weighted by Gasteiger charge is -2.12. The largest absolute Gasteiger partial charge is 0.320 e. The van der Waals surface area contributed by atoms with Gasteiger partial charge >= 0.3 is 0 Å². The third-order valence-electron chi connectivity index (χ3n) is 3.16. The third-order valence-corrected chi connectivity index (χ3v) is 4.70. The fraction of sp³-hybridized carbons (Fsp3) is 0.235. The number of rotatable bonds is 7. The Labute approximate surface area is 146 Å². The van der Waals surface area contributed by atoms with Crippen LogP contribution in [0.25, 0.3) is 0 Å².